The first-order chi connectivity index (χ1) is 13.2. The second-order valence-electron chi connectivity index (χ2n) is 7.57. The van der Waals surface area contributed by atoms with E-state index >= 15 is 0 Å². The number of anilines is 1. The summed E-state index contributed by atoms with van der Waals surface area (Å²) in [6.45, 7) is 0. The van der Waals surface area contributed by atoms with Crippen molar-refractivity contribution in [2.75, 3.05) is 4.90 Å². The van der Waals surface area contributed by atoms with E-state index in [9.17, 15) is 4.79 Å². The van der Waals surface area contributed by atoms with Crippen LogP contribution in [0.4, 0.5) is 5.82 Å². The van der Waals surface area contributed by atoms with Gasteiger partial charge >= 0.3 is 0 Å². The first-order valence-electron chi connectivity index (χ1n) is 9.59. The number of nitrogens with two attached hydrogens (primary N) is 1. The number of amides is 1. The summed E-state index contributed by atoms with van der Waals surface area (Å²) >= 11 is 1.63. The molecule has 2 aliphatic rings. The Labute approximate surface area is 162 Å². The number of hydrogen-bond donors (Lipinski definition) is 1. The normalized spacial score (nSPS) is 24.9. The van der Waals surface area contributed by atoms with Gasteiger partial charge in [-0.2, -0.15) is 0 Å². The molecule has 1 aromatic carbocycles. The highest BCUT2D eigenvalue weighted by Crippen LogP contribution is 2.45. The van der Waals surface area contributed by atoms with Crippen LogP contribution in [0.25, 0.3) is 21.3 Å². The molecule has 1 aliphatic heterocycles. The molecule has 6 heteroatoms. The van der Waals surface area contributed by atoms with Gasteiger partial charge in [0.05, 0.1) is 5.39 Å². The second kappa shape index (κ2) is 6.60. The van der Waals surface area contributed by atoms with E-state index in [2.05, 4.69) is 32.4 Å². The van der Waals surface area contributed by atoms with E-state index in [1.165, 1.54) is 19.3 Å². The van der Waals surface area contributed by atoms with Crippen LogP contribution >= 0.6 is 11.3 Å². The van der Waals surface area contributed by atoms with E-state index in [0.717, 1.165) is 40.0 Å². The Hall–Kier alpha value is -2.47. The molecule has 2 aromatic heterocycles. The number of primary amides is 1. The monoisotopic (exact) mass is 378 g/mol. The van der Waals surface area contributed by atoms with Gasteiger partial charge in [0.2, 0.25) is 5.91 Å². The van der Waals surface area contributed by atoms with Crippen molar-refractivity contribution in [3.05, 3.63) is 42.0 Å². The van der Waals surface area contributed by atoms with Crippen LogP contribution < -0.4 is 10.6 Å². The number of rotatable bonds is 3. The SMILES string of the molecule is NC(=O)[C@@H]1C[C@@H]2CCCC[C@@H]2N1c1ncnc2scc(-c3ccccc3)c12. The van der Waals surface area contributed by atoms with E-state index in [1.54, 1.807) is 17.7 Å². The quantitative estimate of drug-likeness (QED) is 0.748. The number of benzene rings is 1. The summed E-state index contributed by atoms with van der Waals surface area (Å²) in [5.41, 5.74) is 8.11. The molecule has 0 spiro atoms. The molecule has 1 saturated heterocycles. The van der Waals surface area contributed by atoms with Crippen molar-refractivity contribution in [2.45, 2.75) is 44.2 Å². The minimum Gasteiger partial charge on any atom is -0.368 e. The lowest BCUT2D eigenvalue weighted by molar-refractivity contribution is -0.119. The lowest BCUT2D eigenvalue weighted by atomic mass is 9.84. The van der Waals surface area contributed by atoms with Gasteiger partial charge in [0.1, 0.15) is 23.0 Å². The number of nitrogens with zero attached hydrogens (tertiary/aromatic N) is 3. The van der Waals surface area contributed by atoms with Crippen LogP contribution in [0.2, 0.25) is 0 Å². The molecular formula is C21H22N4OS. The first-order valence-corrected chi connectivity index (χ1v) is 10.5. The fourth-order valence-corrected chi connectivity index (χ4v) is 5.81. The van der Waals surface area contributed by atoms with E-state index < -0.39 is 0 Å². The van der Waals surface area contributed by atoms with Gasteiger partial charge in [0.15, 0.2) is 0 Å². The summed E-state index contributed by atoms with van der Waals surface area (Å²) in [6, 6.07) is 10.4. The Morgan fingerprint density at radius 2 is 1.96 bits per heavy atom. The third kappa shape index (κ3) is 2.70. The molecule has 2 N–H and O–H groups in total. The lowest BCUT2D eigenvalue weighted by Crippen LogP contribution is -2.45. The van der Waals surface area contributed by atoms with Gasteiger partial charge in [-0.1, -0.05) is 43.2 Å². The summed E-state index contributed by atoms with van der Waals surface area (Å²) < 4.78 is 0. The molecule has 0 bridgehead atoms. The predicted octanol–water partition coefficient (Wildman–Crippen LogP) is 3.98. The van der Waals surface area contributed by atoms with Gasteiger partial charge in [0, 0.05) is 17.0 Å². The average molecular weight is 379 g/mol. The Kier molecular flexibility index (Phi) is 4.08. The molecule has 3 aromatic rings. The number of thiophene rings is 1. The Morgan fingerprint density at radius 1 is 1.15 bits per heavy atom. The number of fused-ring (bicyclic) bond motifs is 2. The zero-order chi connectivity index (χ0) is 18.4. The second-order valence-corrected chi connectivity index (χ2v) is 8.42. The third-order valence-corrected chi connectivity index (χ3v) is 6.98. The molecule has 5 nitrogen and oxygen atoms in total. The molecule has 3 heterocycles. The highest BCUT2D eigenvalue weighted by atomic mass is 32.1. The van der Waals surface area contributed by atoms with Gasteiger partial charge in [-0.15, -0.1) is 11.3 Å². The maximum Gasteiger partial charge on any atom is 0.240 e. The van der Waals surface area contributed by atoms with Crippen LogP contribution in [-0.2, 0) is 4.79 Å². The van der Waals surface area contributed by atoms with Crippen LogP contribution in [0.15, 0.2) is 42.0 Å². The van der Waals surface area contributed by atoms with Crippen LogP contribution in [0, 0.1) is 5.92 Å². The molecule has 138 valence electrons. The zero-order valence-corrected chi connectivity index (χ0v) is 15.9. The fraction of sp³-hybridized carbons (Fsp3) is 0.381. The van der Waals surface area contributed by atoms with Crippen molar-refractivity contribution in [1.29, 1.82) is 0 Å². The van der Waals surface area contributed by atoms with Crippen LogP contribution in [0.5, 0.6) is 0 Å². The minimum absolute atomic E-state index is 0.243. The Balaban J connectivity index is 1.70. The molecule has 2 fully saturated rings. The van der Waals surface area contributed by atoms with Crippen molar-refractivity contribution >= 4 is 33.3 Å². The molecule has 0 radical (unpaired) electrons. The molecule has 5 rings (SSSR count). The average Bonchev–Trinajstić information content (AvgIpc) is 3.30. The molecule has 27 heavy (non-hydrogen) atoms. The first kappa shape index (κ1) is 16.7. The van der Waals surface area contributed by atoms with Crippen molar-refractivity contribution in [3.63, 3.8) is 0 Å². The van der Waals surface area contributed by atoms with Gasteiger partial charge in [-0.05, 0) is 30.7 Å². The Morgan fingerprint density at radius 3 is 2.78 bits per heavy atom. The van der Waals surface area contributed by atoms with Crippen LogP contribution in [-0.4, -0.2) is 28.0 Å². The van der Waals surface area contributed by atoms with Gasteiger partial charge in [-0.3, -0.25) is 4.79 Å². The van der Waals surface area contributed by atoms with Crippen molar-refractivity contribution < 1.29 is 4.79 Å². The summed E-state index contributed by atoms with van der Waals surface area (Å²) in [4.78, 5) is 24.7. The molecular weight excluding hydrogens is 356 g/mol. The molecule has 0 unspecified atom stereocenters. The minimum atomic E-state index is -0.278. The lowest BCUT2D eigenvalue weighted by Gasteiger charge is -2.34. The summed E-state index contributed by atoms with van der Waals surface area (Å²) in [7, 11) is 0. The largest absolute Gasteiger partial charge is 0.368 e. The van der Waals surface area contributed by atoms with Gasteiger partial charge in [-0.25, -0.2) is 9.97 Å². The van der Waals surface area contributed by atoms with E-state index in [0.29, 0.717) is 12.0 Å². The molecule has 1 aliphatic carbocycles. The third-order valence-electron chi connectivity index (χ3n) is 6.10. The topological polar surface area (TPSA) is 72.1 Å². The van der Waals surface area contributed by atoms with Crippen LogP contribution in [0.1, 0.15) is 32.1 Å². The standard InChI is InChI=1S/C21H22N4OS/c22-19(26)17-10-14-8-4-5-9-16(14)25(17)20-18-15(13-6-2-1-3-7-13)11-27-21(18)24-12-23-20/h1-3,6-7,11-12,14,16-17H,4-5,8-10H2,(H2,22,26)/t14-,16-,17-/m0/s1. The predicted molar refractivity (Wildman–Crippen MR) is 109 cm³/mol. The maximum atomic E-state index is 12.3. The van der Waals surface area contributed by atoms with Gasteiger partial charge in [0.25, 0.3) is 0 Å². The number of carbonyl (C=O) groups excluding carboxylic acids is 1. The summed E-state index contributed by atoms with van der Waals surface area (Å²) in [5.74, 6) is 1.16. The smallest absolute Gasteiger partial charge is 0.240 e. The number of carbonyl (C=O) groups is 1. The van der Waals surface area contributed by atoms with Crippen molar-refractivity contribution in [1.82, 2.24) is 9.97 Å². The maximum absolute atomic E-state index is 12.3. The van der Waals surface area contributed by atoms with Gasteiger partial charge < -0.3 is 10.6 Å². The highest BCUT2D eigenvalue weighted by molar-refractivity contribution is 7.17. The summed E-state index contributed by atoms with van der Waals surface area (Å²) in [6.07, 6.45) is 7.19. The van der Waals surface area contributed by atoms with E-state index in [1.807, 2.05) is 18.2 Å². The van der Waals surface area contributed by atoms with E-state index in [-0.39, 0.29) is 11.9 Å². The number of aromatic nitrogens is 2. The van der Waals surface area contributed by atoms with Crippen molar-refractivity contribution in [3.8, 4) is 11.1 Å². The molecule has 1 saturated carbocycles. The Bertz CT molecular complexity index is 986. The number of hydrogen-bond acceptors (Lipinski definition) is 5. The zero-order valence-electron chi connectivity index (χ0n) is 15.0. The van der Waals surface area contributed by atoms with Crippen LogP contribution in [0.3, 0.4) is 0 Å². The van der Waals surface area contributed by atoms with Crippen molar-refractivity contribution in [2.24, 2.45) is 11.7 Å². The highest BCUT2D eigenvalue weighted by Gasteiger charge is 2.45. The molecule has 1 amide bonds. The summed E-state index contributed by atoms with van der Waals surface area (Å²) in [5, 5.41) is 3.19. The van der Waals surface area contributed by atoms with E-state index in [4.69, 9.17) is 5.73 Å². The fourth-order valence-electron chi connectivity index (χ4n) is 4.90. The molecule has 3 atom stereocenters.